The summed E-state index contributed by atoms with van der Waals surface area (Å²) >= 11 is 0. The molecule has 35 heavy (non-hydrogen) atoms. The molecule has 0 fully saturated rings. The summed E-state index contributed by atoms with van der Waals surface area (Å²) in [5.74, 6) is -1.16. The molecule has 0 heterocycles. The molecular weight excluding hydrogens is 473 g/mol. The average Bonchev–Trinajstić information content (AvgIpc) is 2.82. The molecule has 0 aliphatic rings. The second-order valence-corrected chi connectivity index (χ2v) is 10.2. The van der Waals surface area contributed by atoms with Crippen LogP contribution < -0.4 is 14.4 Å². The number of rotatable bonds is 12. The molecule has 8 nitrogen and oxygen atoms in total. The van der Waals surface area contributed by atoms with Crippen LogP contribution in [0.1, 0.15) is 39.2 Å². The number of sulfonamides is 1. The Bertz CT molecular complexity index is 1130. The molecule has 2 amide bonds. The van der Waals surface area contributed by atoms with Crippen LogP contribution >= 0.6 is 0 Å². The number of amides is 2. The summed E-state index contributed by atoms with van der Waals surface area (Å²) in [6.07, 6.45) is 1.92. The predicted molar refractivity (Wildman–Crippen MR) is 134 cm³/mol. The number of nitrogens with one attached hydrogen (secondary N) is 1. The summed E-state index contributed by atoms with van der Waals surface area (Å²) in [5.41, 5.74) is 0.464. The fraction of sp³-hybridized carbons (Fsp3) is 0.440. The molecule has 2 atom stereocenters. The minimum Gasteiger partial charge on any atom is -0.497 e. The minimum absolute atomic E-state index is 0.0390. The highest BCUT2D eigenvalue weighted by Crippen LogP contribution is 2.23. The van der Waals surface area contributed by atoms with Crippen LogP contribution in [-0.4, -0.2) is 57.1 Å². The van der Waals surface area contributed by atoms with Gasteiger partial charge in [-0.2, -0.15) is 0 Å². The molecule has 2 unspecified atom stereocenters. The monoisotopic (exact) mass is 507 g/mol. The van der Waals surface area contributed by atoms with Crippen molar-refractivity contribution in [2.45, 2.75) is 52.2 Å². The maximum Gasteiger partial charge on any atom is 0.244 e. The van der Waals surface area contributed by atoms with E-state index in [0.29, 0.717) is 24.2 Å². The summed E-state index contributed by atoms with van der Waals surface area (Å²) in [7, 11) is -2.48. The van der Waals surface area contributed by atoms with Gasteiger partial charge < -0.3 is 15.0 Å². The summed E-state index contributed by atoms with van der Waals surface area (Å²) in [4.78, 5) is 28.0. The summed E-state index contributed by atoms with van der Waals surface area (Å²) in [6, 6.07) is 11.4. The zero-order valence-electron chi connectivity index (χ0n) is 20.8. The molecule has 0 saturated carbocycles. The number of para-hydroxylation sites is 1. The van der Waals surface area contributed by atoms with Crippen LogP contribution in [0.5, 0.6) is 5.75 Å². The Kier molecular flexibility index (Phi) is 10.1. The van der Waals surface area contributed by atoms with Crippen molar-refractivity contribution in [3.63, 3.8) is 0 Å². The lowest BCUT2D eigenvalue weighted by atomic mass is 10.1. The van der Waals surface area contributed by atoms with Crippen molar-refractivity contribution < 1.29 is 27.1 Å². The highest BCUT2D eigenvalue weighted by molar-refractivity contribution is 7.92. The quantitative estimate of drug-likeness (QED) is 0.476. The number of carbonyl (C=O) groups excluding carboxylic acids is 2. The van der Waals surface area contributed by atoms with E-state index in [1.165, 1.54) is 30.2 Å². The number of halogens is 1. The number of benzene rings is 2. The van der Waals surface area contributed by atoms with Crippen molar-refractivity contribution in [2.75, 3.05) is 24.2 Å². The molecular formula is C25H34FN3O5S. The highest BCUT2D eigenvalue weighted by Gasteiger charge is 2.32. The second-order valence-electron chi connectivity index (χ2n) is 8.34. The molecule has 2 rings (SSSR count). The van der Waals surface area contributed by atoms with Gasteiger partial charge in [0.15, 0.2) is 0 Å². The maximum atomic E-state index is 14.5. The van der Waals surface area contributed by atoms with Crippen LogP contribution in [-0.2, 0) is 26.2 Å². The fourth-order valence-electron chi connectivity index (χ4n) is 3.58. The van der Waals surface area contributed by atoms with Crippen molar-refractivity contribution >= 4 is 27.5 Å². The number of nitrogens with zero attached hydrogens (tertiary/aromatic N) is 2. The Morgan fingerprint density at radius 2 is 1.77 bits per heavy atom. The molecule has 1 N–H and O–H groups in total. The largest absolute Gasteiger partial charge is 0.497 e. The molecule has 0 saturated heterocycles. The lowest BCUT2D eigenvalue weighted by molar-refractivity contribution is -0.140. The van der Waals surface area contributed by atoms with E-state index < -0.39 is 34.3 Å². The molecule has 2 aromatic rings. The van der Waals surface area contributed by atoms with Crippen LogP contribution in [0, 0.1) is 5.82 Å². The SMILES string of the molecule is CCC(C)NC(=O)C(CC)N(Cc1cccc(OC)c1)C(=O)CN(c1ccccc1F)S(C)(=O)=O. The Hall–Kier alpha value is -3.14. The van der Waals surface area contributed by atoms with Crippen molar-refractivity contribution in [2.24, 2.45) is 0 Å². The van der Waals surface area contributed by atoms with E-state index in [0.717, 1.165) is 16.6 Å². The van der Waals surface area contributed by atoms with E-state index >= 15 is 0 Å². The fourth-order valence-corrected chi connectivity index (χ4v) is 4.43. The van der Waals surface area contributed by atoms with Gasteiger partial charge in [0.05, 0.1) is 19.1 Å². The molecule has 0 radical (unpaired) electrons. The van der Waals surface area contributed by atoms with Gasteiger partial charge in [0.25, 0.3) is 0 Å². The van der Waals surface area contributed by atoms with E-state index in [1.807, 2.05) is 13.8 Å². The number of methoxy groups -OCH3 is 1. The summed E-state index contributed by atoms with van der Waals surface area (Å²) in [6.45, 7) is 4.96. The van der Waals surface area contributed by atoms with E-state index in [4.69, 9.17) is 4.74 Å². The number of anilines is 1. The minimum atomic E-state index is -4.00. The van der Waals surface area contributed by atoms with E-state index in [9.17, 15) is 22.4 Å². The third-order valence-corrected chi connectivity index (χ3v) is 6.80. The third kappa shape index (κ3) is 7.68. The molecule has 2 aromatic carbocycles. The standard InChI is InChI=1S/C25H34FN3O5S/c1-6-18(3)27-25(31)22(7-2)28(16-19-11-10-12-20(15-19)34-4)24(30)17-29(35(5,32)33)23-14-9-8-13-21(23)26/h8-15,18,22H,6-7,16-17H2,1-5H3,(H,27,31). The maximum absolute atomic E-state index is 14.5. The number of carbonyl (C=O) groups is 2. The molecule has 10 heteroatoms. The predicted octanol–water partition coefficient (Wildman–Crippen LogP) is 3.32. The second kappa shape index (κ2) is 12.5. The van der Waals surface area contributed by atoms with Gasteiger partial charge in [0.1, 0.15) is 24.2 Å². The molecule has 0 spiro atoms. The number of hydrogen-bond donors (Lipinski definition) is 1. The van der Waals surface area contributed by atoms with Crippen molar-refractivity contribution in [1.82, 2.24) is 10.2 Å². The Balaban J connectivity index is 2.47. The smallest absolute Gasteiger partial charge is 0.244 e. The van der Waals surface area contributed by atoms with Crippen LogP contribution in [0.25, 0.3) is 0 Å². The van der Waals surface area contributed by atoms with Gasteiger partial charge in [0, 0.05) is 12.6 Å². The Morgan fingerprint density at radius 3 is 2.34 bits per heavy atom. The number of hydrogen-bond acceptors (Lipinski definition) is 5. The van der Waals surface area contributed by atoms with E-state index in [1.54, 1.807) is 31.2 Å². The van der Waals surface area contributed by atoms with E-state index in [-0.39, 0.29) is 24.2 Å². The van der Waals surface area contributed by atoms with E-state index in [2.05, 4.69) is 5.32 Å². The Labute approximate surface area is 207 Å². The van der Waals surface area contributed by atoms with Gasteiger partial charge in [-0.15, -0.1) is 0 Å². The molecule has 0 aliphatic carbocycles. The number of ether oxygens (including phenoxy) is 1. The van der Waals surface area contributed by atoms with Crippen LogP contribution in [0.2, 0.25) is 0 Å². The first kappa shape index (κ1) is 28.1. The van der Waals surface area contributed by atoms with Crippen LogP contribution in [0.15, 0.2) is 48.5 Å². The summed E-state index contributed by atoms with van der Waals surface area (Å²) in [5, 5.41) is 2.90. The molecule has 0 aliphatic heterocycles. The van der Waals surface area contributed by atoms with Crippen LogP contribution in [0.4, 0.5) is 10.1 Å². The van der Waals surface area contributed by atoms with Crippen molar-refractivity contribution in [3.8, 4) is 5.75 Å². The van der Waals surface area contributed by atoms with Gasteiger partial charge in [-0.3, -0.25) is 13.9 Å². The first-order valence-electron chi connectivity index (χ1n) is 11.5. The van der Waals surface area contributed by atoms with Crippen molar-refractivity contribution in [1.29, 1.82) is 0 Å². The average molecular weight is 508 g/mol. The molecule has 0 bridgehead atoms. The molecule has 192 valence electrons. The topological polar surface area (TPSA) is 96.0 Å². The lowest BCUT2D eigenvalue weighted by Gasteiger charge is -2.33. The normalized spacial score (nSPS) is 13.0. The first-order valence-corrected chi connectivity index (χ1v) is 13.3. The Morgan fingerprint density at radius 1 is 1.09 bits per heavy atom. The van der Waals surface area contributed by atoms with Gasteiger partial charge in [0.2, 0.25) is 21.8 Å². The van der Waals surface area contributed by atoms with Gasteiger partial charge in [-0.25, -0.2) is 12.8 Å². The summed E-state index contributed by atoms with van der Waals surface area (Å²) < 4.78 is 45.5. The van der Waals surface area contributed by atoms with Crippen LogP contribution in [0.3, 0.4) is 0 Å². The van der Waals surface area contributed by atoms with Gasteiger partial charge in [-0.1, -0.05) is 38.1 Å². The lowest BCUT2D eigenvalue weighted by Crippen LogP contribution is -2.53. The molecule has 0 aromatic heterocycles. The zero-order valence-corrected chi connectivity index (χ0v) is 21.6. The van der Waals surface area contributed by atoms with Gasteiger partial charge >= 0.3 is 0 Å². The van der Waals surface area contributed by atoms with Gasteiger partial charge in [-0.05, 0) is 49.6 Å². The highest BCUT2D eigenvalue weighted by atomic mass is 32.2. The first-order chi connectivity index (χ1) is 16.5. The van der Waals surface area contributed by atoms with Crippen molar-refractivity contribution in [3.05, 3.63) is 59.9 Å². The third-order valence-electron chi connectivity index (χ3n) is 5.67. The zero-order chi connectivity index (χ0) is 26.2.